The average molecular weight is 426 g/mol. The molecule has 0 fully saturated rings. The fraction of sp³-hybridized carbons (Fsp3) is 0.115. The molecule has 0 radical (unpaired) electrons. The second kappa shape index (κ2) is 9.31. The van der Waals surface area contributed by atoms with Crippen LogP contribution in [0.3, 0.4) is 0 Å². The molecular weight excluding hydrogens is 404 g/mol. The topological polar surface area (TPSA) is 83.1 Å². The van der Waals surface area contributed by atoms with Gasteiger partial charge in [0.1, 0.15) is 11.5 Å². The summed E-state index contributed by atoms with van der Waals surface area (Å²) in [6, 6.07) is 18.0. The van der Waals surface area contributed by atoms with Crippen molar-refractivity contribution in [2.45, 2.75) is 19.3 Å². The van der Waals surface area contributed by atoms with Gasteiger partial charge in [-0.3, -0.25) is 4.79 Å². The van der Waals surface area contributed by atoms with Gasteiger partial charge in [0.2, 0.25) is 0 Å². The third-order valence-corrected chi connectivity index (χ3v) is 5.10. The van der Waals surface area contributed by atoms with Crippen LogP contribution in [0.15, 0.2) is 88.4 Å². The van der Waals surface area contributed by atoms with E-state index in [0.717, 1.165) is 30.6 Å². The largest absolute Gasteiger partial charge is 0.478 e. The lowest BCUT2D eigenvalue weighted by Crippen LogP contribution is -2.21. The highest BCUT2D eigenvalue weighted by Gasteiger charge is 2.25. The highest BCUT2D eigenvalue weighted by molar-refractivity contribution is 6.25. The lowest BCUT2D eigenvalue weighted by Gasteiger charge is -2.12. The molecule has 0 saturated heterocycles. The SMILES string of the molecule is C=CCCCc1cccc(-c2ccc(/C=C3/C=NN(c4cccc(C(=O)O)c4)C3=O)o2)c1. The van der Waals surface area contributed by atoms with E-state index in [-0.39, 0.29) is 11.5 Å². The number of anilines is 1. The van der Waals surface area contributed by atoms with Gasteiger partial charge in [0.05, 0.1) is 23.0 Å². The molecule has 0 atom stereocenters. The number of carboxylic acid groups (broad SMARTS) is 1. The van der Waals surface area contributed by atoms with Gasteiger partial charge in [0.15, 0.2) is 0 Å². The van der Waals surface area contributed by atoms with E-state index >= 15 is 0 Å². The highest BCUT2D eigenvalue weighted by atomic mass is 16.4. The van der Waals surface area contributed by atoms with Crippen molar-refractivity contribution in [1.29, 1.82) is 0 Å². The molecule has 32 heavy (non-hydrogen) atoms. The zero-order valence-electron chi connectivity index (χ0n) is 17.4. The van der Waals surface area contributed by atoms with E-state index in [0.29, 0.717) is 17.0 Å². The van der Waals surface area contributed by atoms with Crippen LogP contribution in [0, 0.1) is 0 Å². The van der Waals surface area contributed by atoms with Gasteiger partial charge in [-0.15, -0.1) is 6.58 Å². The van der Waals surface area contributed by atoms with E-state index in [1.54, 1.807) is 18.2 Å². The summed E-state index contributed by atoms with van der Waals surface area (Å²) >= 11 is 0. The number of allylic oxidation sites excluding steroid dienone is 1. The van der Waals surface area contributed by atoms with Crippen molar-refractivity contribution >= 4 is 29.9 Å². The highest BCUT2D eigenvalue weighted by Crippen LogP contribution is 2.27. The maximum atomic E-state index is 12.8. The van der Waals surface area contributed by atoms with Crippen LogP contribution in [-0.4, -0.2) is 23.2 Å². The summed E-state index contributed by atoms with van der Waals surface area (Å²) in [6.45, 7) is 3.76. The van der Waals surface area contributed by atoms with Crippen molar-refractivity contribution in [1.82, 2.24) is 0 Å². The van der Waals surface area contributed by atoms with Crippen LogP contribution in [0.2, 0.25) is 0 Å². The monoisotopic (exact) mass is 426 g/mol. The molecule has 1 aromatic heterocycles. The molecule has 160 valence electrons. The Kier molecular flexibility index (Phi) is 6.12. The third kappa shape index (κ3) is 4.59. The summed E-state index contributed by atoms with van der Waals surface area (Å²) in [7, 11) is 0. The maximum absolute atomic E-state index is 12.8. The minimum Gasteiger partial charge on any atom is -0.478 e. The van der Waals surface area contributed by atoms with Crippen LogP contribution in [0.4, 0.5) is 5.69 Å². The van der Waals surface area contributed by atoms with Crippen LogP contribution in [-0.2, 0) is 11.2 Å². The average Bonchev–Trinajstić information content (AvgIpc) is 3.42. The molecule has 0 unspecified atom stereocenters. The molecule has 1 aliphatic heterocycles. The molecule has 0 bridgehead atoms. The summed E-state index contributed by atoms with van der Waals surface area (Å²) in [6.07, 6.45) is 8.00. The number of aryl methyl sites for hydroxylation is 1. The van der Waals surface area contributed by atoms with E-state index in [4.69, 9.17) is 9.52 Å². The summed E-state index contributed by atoms with van der Waals surface area (Å²) < 4.78 is 5.95. The number of nitrogens with zero attached hydrogens (tertiary/aromatic N) is 2. The molecule has 6 heteroatoms. The Morgan fingerprint density at radius 3 is 2.78 bits per heavy atom. The second-order valence-electron chi connectivity index (χ2n) is 7.40. The molecule has 2 aromatic carbocycles. The number of amides is 1. The summed E-state index contributed by atoms with van der Waals surface area (Å²) in [5, 5.41) is 14.5. The van der Waals surface area contributed by atoms with Gasteiger partial charge in [-0.05, 0) is 67.3 Å². The fourth-order valence-corrected chi connectivity index (χ4v) is 3.47. The van der Waals surface area contributed by atoms with E-state index in [9.17, 15) is 9.59 Å². The first-order valence-corrected chi connectivity index (χ1v) is 10.3. The van der Waals surface area contributed by atoms with Crippen molar-refractivity contribution in [3.8, 4) is 11.3 Å². The van der Waals surface area contributed by atoms with Crippen LogP contribution >= 0.6 is 0 Å². The van der Waals surface area contributed by atoms with Gasteiger partial charge in [-0.2, -0.15) is 10.1 Å². The van der Waals surface area contributed by atoms with Gasteiger partial charge in [0.25, 0.3) is 5.91 Å². The number of carboxylic acids is 1. The van der Waals surface area contributed by atoms with E-state index in [1.165, 1.54) is 28.9 Å². The van der Waals surface area contributed by atoms with Crippen molar-refractivity contribution in [3.63, 3.8) is 0 Å². The molecule has 6 nitrogen and oxygen atoms in total. The quantitative estimate of drug-likeness (QED) is 0.290. The zero-order valence-corrected chi connectivity index (χ0v) is 17.4. The maximum Gasteiger partial charge on any atom is 0.335 e. The van der Waals surface area contributed by atoms with Crippen molar-refractivity contribution < 1.29 is 19.1 Å². The minimum absolute atomic E-state index is 0.0883. The summed E-state index contributed by atoms with van der Waals surface area (Å²) in [4.78, 5) is 24.0. The number of hydrazone groups is 1. The van der Waals surface area contributed by atoms with Crippen molar-refractivity contribution in [2.75, 3.05) is 5.01 Å². The predicted molar refractivity (Wildman–Crippen MR) is 125 cm³/mol. The molecule has 4 rings (SSSR count). The summed E-state index contributed by atoms with van der Waals surface area (Å²) in [5.74, 6) is -0.162. The Bertz CT molecular complexity index is 1240. The molecule has 0 spiro atoms. The Morgan fingerprint density at radius 2 is 1.97 bits per heavy atom. The lowest BCUT2D eigenvalue weighted by atomic mass is 10.0. The van der Waals surface area contributed by atoms with E-state index in [2.05, 4.69) is 23.8 Å². The third-order valence-electron chi connectivity index (χ3n) is 5.10. The number of hydrogen-bond donors (Lipinski definition) is 1. The van der Waals surface area contributed by atoms with Gasteiger partial charge in [-0.25, -0.2) is 4.79 Å². The van der Waals surface area contributed by atoms with Crippen LogP contribution in [0.1, 0.15) is 34.5 Å². The molecule has 2 heterocycles. The number of furan rings is 1. The zero-order chi connectivity index (χ0) is 22.5. The fourth-order valence-electron chi connectivity index (χ4n) is 3.47. The second-order valence-corrected chi connectivity index (χ2v) is 7.40. The van der Waals surface area contributed by atoms with Crippen molar-refractivity contribution in [2.24, 2.45) is 5.10 Å². The number of hydrogen-bond acceptors (Lipinski definition) is 4. The normalized spacial score (nSPS) is 14.3. The first-order valence-electron chi connectivity index (χ1n) is 10.3. The Morgan fingerprint density at radius 1 is 1.12 bits per heavy atom. The number of unbranched alkanes of at least 4 members (excludes halogenated alkanes) is 1. The van der Waals surface area contributed by atoms with E-state index in [1.807, 2.05) is 30.3 Å². The standard InChI is InChI=1S/C26H22N2O4/c1-2-3-4-7-18-8-5-9-19(14-18)24-13-12-23(32-24)16-21-17-27-28(25(21)29)22-11-6-10-20(15-22)26(30)31/h2,5-6,8-17H,1,3-4,7H2,(H,30,31)/b21-16-. The number of carbonyl (C=O) groups is 2. The number of rotatable bonds is 8. The van der Waals surface area contributed by atoms with Gasteiger partial charge < -0.3 is 9.52 Å². The number of carbonyl (C=O) groups excluding carboxylic acids is 1. The number of aromatic carboxylic acids is 1. The number of benzene rings is 2. The molecule has 1 aliphatic rings. The van der Waals surface area contributed by atoms with Crippen LogP contribution in [0.5, 0.6) is 0 Å². The van der Waals surface area contributed by atoms with E-state index < -0.39 is 5.97 Å². The minimum atomic E-state index is -1.06. The van der Waals surface area contributed by atoms with Gasteiger partial charge in [0, 0.05) is 5.56 Å². The van der Waals surface area contributed by atoms with Gasteiger partial charge in [-0.1, -0.05) is 30.3 Å². The smallest absolute Gasteiger partial charge is 0.335 e. The van der Waals surface area contributed by atoms with Crippen molar-refractivity contribution in [3.05, 3.63) is 95.8 Å². The Hall–Kier alpha value is -4.19. The molecule has 0 aliphatic carbocycles. The lowest BCUT2D eigenvalue weighted by molar-refractivity contribution is -0.114. The predicted octanol–water partition coefficient (Wildman–Crippen LogP) is 5.57. The Labute approximate surface area is 185 Å². The van der Waals surface area contributed by atoms with Gasteiger partial charge >= 0.3 is 5.97 Å². The van der Waals surface area contributed by atoms with Crippen LogP contribution in [0.25, 0.3) is 17.4 Å². The molecule has 1 amide bonds. The first kappa shape index (κ1) is 21.1. The molecule has 0 saturated carbocycles. The molecule has 1 N–H and O–H groups in total. The van der Waals surface area contributed by atoms with Crippen LogP contribution < -0.4 is 5.01 Å². The first-order chi connectivity index (χ1) is 15.5. The Balaban J connectivity index is 1.50. The molecule has 3 aromatic rings. The summed E-state index contributed by atoms with van der Waals surface area (Å²) in [5.41, 5.74) is 3.04. The molecular formula is C26H22N2O4.